The smallest absolute Gasteiger partial charge is 0.253 e. The van der Waals surface area contributed by atoms with Gasteiger partial charge in [0.25, 0.3) is 5.91 Å². The Bertz CT molecular complexity index is 732. The highest BCUT2D eigenvalue weighted by molar-refractivity contribution is 6.33. The number of hydrogen-bond acceptors (Lipinski definition) is 4. The van der Waals surface area contributed by atoms with Crippen LogP contribution in [0, 0.1) is 0 Å². The van der Waals surface area contributed by atoms with Crippen molar-refractivity contribution in [1.29, 1.82) is 0 Å². The fourth-order valence-corrected chi connectivity index (χ4v) is 2.66. The second kappa shape index (κ2) is 8.31. The molecule has 0 atom stereocenters. The normalized spacial score (nSPS) is 14.1. The summed E-state index contributed by atoms with van der Waals surface area (Å²) < 4.78 is 0. The third-order valence-corrected chi connectivity index (χ3v) is 4.63. The summed E-state index contributed by atoms with van der Waals surface area (Å²) in [5, 5.41) is 2.94. The quantitative estimate of drug-likeness (QED) is 0.768. The molecule has 0 spiro atoms. The molecule has 1 aliphatic heterocycles. The first-order valence-corrected chi connectivity index (χ1v) is 8.78. The lowest BCUT2D eigenvalue weighted by molar-refractivity contribution is -0.138. The van der Waals surface area contributed by atoms with Crippen LogP contribution in [0.15, 0.2) is 18.2 Å². The van der Waals surface area contributed by atoms with E-state index in [9.17, 15) is 19.2 Å². The molecular weight excluding hydrogens is 358 g/mol. The largest absolute Gasteiger partial charge is 0.339 e. The summed E-state index contributed by atoms with van der Waals surface area (Å²) in [5.41, 5.74) is 0.726. The van der Waals surface area contributed by atoms with Gasteiger partial charge in [0.1, 0.15) is 0 Å². The molecular formula is C18H22ClN3O4. The second-order valence-electron chi connectivity index (χ2n) is 6.44. The Hall–Kier alpha value is -2.41. The van der Waals surface area contributed by atoms with Gasteiger partial charge in [0.2, 0.25) is 17.7 Å². The minimum Gasteiger partial charge on any atom is -0.339 e. The lowest BCUT2D eigenvalue weighted by Gasteiger charge is -2.22. The molecule has 0 unspecified atom stereocenters. The molecule has 0 radical (unpaired) electrons. The van der Waals surface area contributed by atoms with Crippen LogP contribution in [-0.4, -0.2) is 53.1 Å². The zero-order chi connectivity index (χ0) is 19.4. The Morgan fingerprint density at radius 3 is 2.42 bits per heavy atom. The van der Waals surface area contributed by atoms with E-state index in [1.165, 1.54) is 6.07 Å². The van der Waals surface area contributed by atoms with Gasteiger partial charge in [-0.1, -0.05) is 11.6 Å². The maximum atomic E-state index is 12.4. The number of imide groups is 1. The van der Waals surface area contributed by atoms with Gasteiger partial charge in [-0.2, -0.15) is 0 Å². The van der Waals surface area contributed by atoms with Crippen molar-refractivity contribution in [2.45, 2.75) is 39.2 Å². The van der Waals surface area contributed by atoms with E-state index < -0.39 is 0 Å². The number of nitrogens with zero attached hydrogens (tertiary/aromatic N) is 2. The molecule has 1 aromatic carbocycles. The fourth-order valence-electron chi connectivity index (χ4n) is 2.49. The number of amides is 4. The monoisotopic (exact) mass is 379 g/mol. The molecule has 8 heteroatoms. The van der Waals surface area contributed by atoms with Crippen LogP contribution < -0.4 is 5.32 Å². The van der Waals surface area contributed by atoms with Crippen molar-refractivity contribution in [2.75, 3.05) is 18.9 Å². The van der Waals surface area contributed by atoms with Gasteiger partial charge < -0.3 is 10.2 Å². The Kier molecular flexibility index (Phi) is 6.37. The van der Waals surface area contributed by atoms with Gasteiger partial charge in [-0.15, -0.1) is 0 Å². The zero-order valence-electron chi connectivity index (χ0n) is 15.0. The molecule has 7 nitrogen and oxygen atoms in total. The molecule has 140 valence electrons. The highest BCUT2D eigenvalue weighted by atomic mass is 35.5. The van der Waals surface area contributed by atoms with Crippen LogP contribution in [0.3, 0.4) is 0 Å². The maximum Gasteiger partial charge on any atom is 0.253 e. The zero-order valence-corrected chi connectivity index (χ0v) is 15.8. The van der Waals surface area contributed by atoms with E-state index in [2.05, 4.69) is 5.32 Å². The van der Waals surface area contributed by atoms with Crippen LogP contribution in [0.4, 0.5) is 5.69 Å². The molecule has 1 saturated heterocycles. The summed E-state index contributed by atoms with van der Waals surface area (Å²) in [5.74, 6) is -1.09. The third-order valence-electron chi connectivity index (χ3n) is 4.30. The number of halogens is 1. The molecule has 0 aliphatic carbocycles. The first-order valence-electron chi connectivity index (χ1n) is 8.40. The highest BCUT2D eigenvalue weighted by Crippen LogP contribution is 2.24. The predicted octanol–water partition coefficient (Wildman–Crippen LogP) is 2.30. The number of carbonyl (C=O) groups is 4. The van der Waals surface area contributed by atoms with Crippen molar-refractivity contribution in [3.05, 3.63) is 28.8 Å². The van der Waals surface area contributed by atoms with Crippen molar-refractivity contribution in [2.24, 2.45) is 0 Å². The molecule has 0 aromatic heterocycles. The van der Waals surface area contributed by atoms with E-state index in [1.54, 1.807) is 24.1 Å². The second-order valence-corrected chi connectivity index (χ2v) is 6.85. The van der Waals surface area contributed by atoms with Crippen molar-refractivity contribution in [3.63, 3.8) is 0 Å². The van der Waals surface area contributed by atoms with Crippen molar-refractivity contribution in [1.82, 2.24) is 9.80 Å². The molecule has 2 rings (SSSR count). The number of benzene rings is 1. The third kappa shape index (κ3) is 4.60. The molecule has 1 fully saturated rings. The van der Waals surface area contributed by atoms with Crippen LogP contribution in [0.2, 0.25) is 5.02 Å². The Morgan fingerprint density at radius 1 is 1.23 bits per heavy atom. The SMILES string of the molecule is CC(C)N(C)C(=O)c1ccc(Cl)c(NC(=O)CCN2C(=O)CCC2=O)c1. The van der Waals surface area contributed by atoms with Crippen molar-refractivity contribution in [3.8, 4) is 0 Å². The summed E-state index contributed by atoms with van der Waals surface area (Å²) in [6.07, 6.45) is 0.359. The van der Waals surface area contributed by atoms with E-state index in [0.717, 1.165) is 4.90 Å². The van der Waals surface area contributed by atoms with Crippen LogP contribution in [0.1, 0.15) is 43.5 Å². The van der Waals surface area contributed by atoms with Gasteiger partial charge in [-0.25, -0.2) is 0 Å². The van der Waals surface area contributed by atoms with Gasteiger partial charge in [0, 0.05) is 44.5 Å². The van der Waals surface area contributed by atoms with E-state index in [1.807, 2.05) is 13.8 Å². The first kappa shape index (κ1) is 19.9. The number of hydrogen-bond donors (Lipinski definition) is 1. The first-order chi connectivity index (χ1) is 12.2. The Morgan fingerprint density at radius 2 is 1.85 bits per heavy atom. The van der Waals surface area contributed by atoms with E-state index >= 15 is 0 Å². The van der Waals surface area contributed by atoms with Gasteiger partial charge in [-0.3, -0.25) is 24.1 Å². The summed E-state index contributed by atoms with van der Waals surface area (Å²) in [6, 6.07) is 4.70. The van der Waals surface area contributed by atoms with E-state index in [-0.39, 0.29) is 55.5 Å². The van der Waals surface area contributed by atoms with Crippen LogP contribution in [-0.2, 0) is 14.4 Å². The van der Waals surface area contributed by atoms with E-state index in [0.29, 0.717) is 16.3 Å². The average molecular weight is 380 g/mol. The summed E-state index contributed by atoms with van der Waals surface area (Å²) >= 11 is 6.10. The standard InChI is InChI=1S/C18H22ClN3O4/c1-11(2)21(3)18(26)12-4-5-13(19)14(10-12)20-15(23)8-9-22-16(24)6-7-17(22)25/h4-5,10-11H,6-9H2,1-3H3,(H,20,23). The predicted molar refractivity (Wildman–Crippen MR) is 97.9 cm³/mol. The molecule has 1 aliphatic rings. The topological polar surface area (TPSA) is 86.8 Å². The molecule has 0 bridgehead atoms. The van der Waals surface area contributed by atoms with Gasteiger partial charge in [-0.05, 0) is 32.0 Å². The number of nitrogens with one attached hydrogen (secondary N) is 1. The minimum atomic E-state index is -0.388. The van der Waals surface area contributed by atoms with Crippen molar-refractivity contribution < 1.29 is 19.2 Å². The molecule has 0 saturated carbocycles. The molecule has 1 N–H and O–H groups in total. The van der Waals surface area contributed by atoms with Crippen LogP contribution in [0.25, 0.3) is 0 Å². The van der Waals surface area contributed by atoms with Gasteiger partial charge >= 0.3 is 0 Å². The highest BCUT2D eigenvalue weighted by Gasteiger charge is 2.28. The van der Waals surface area contributed by atoms with Gasteiger partial charge in [0.05, 0.1) is 10.7 Å². The Balaban J connectivity index is 2.03. The minimum absolute atomic E-state index is 0.0299. The summed E-state index contributed by atoms with van der Waals surface area (Å²) in [7, 11) is 1.70. The number of carbonyl (C=O) groups excluding carboxylic acids is 4. The summed E-state index contributed by atoms with van der Waals surface area (Å²) in [6.45, 7) is 3.84. The molecule has 1 heterocycles. The molecule has 4 amide bonds. The number of anilines is 1. The van der Waals surface area contributed by atoms with Crippen LogP contribution >= 0.6 is 11.6 Å². The van der Waals surface area contributed by atoms with Crippen LogP contribution in [0.5, 0.6) is 0 Å². The lowest BCUT2D eigenvalue weighted by atomic mass is 10.1. The average Bonchev–Trinajstić information content (AvgIpc) is 2.91. The number of likely N-dealkylation sites (tertiary alicyclic amines) is 1. The summed E-state index contributed by atoms with van der Waals surface area (Å²) in [4.78, 5) is 50.3. The maximum absolute atomic E-state index is 12.4. The van der Waals surface area contributed by atoms with Gasteiger partial charge in [0.15, 0.2) is 0 Å². The van der Waals surface area contributed by atoms with E-state index in [4.69, 9.17) is 11.6 Å². The Labute approximate surface area is 157 Å². The molecule has 26 heavy (non-hydrogen) atoms. The lowest BCUT2D eigenvalue weighted by Crippen LogP contribution is -2.33. The fraction of sp³-hybridized carbons (Fsp3) is 0.444. The molecule has 1 aromatic rings. The number of rotatable bonds is 6. The van der Waals surface area contributed by atoms with Crippen molar-refractivity contribution >= 4 is 40.9 Å².